The second-order valence-corrected chi connectivity index (χ2v) is 6.04. The fourth-order valence-electron chi connectivity index (χ4n) is 3.01. The lowest BCUT2D eigenvalue weighted by atomic mass is 10.2. The van der Waals surface area contributed by atoms with E-state index >= 15 is 0 Å². The molecule has 0 N–H and O–H groups in total. The van der Waals surface area contributed by atoms with Crippen LogP contribution in [0.3, 0.4) is 0 Å². The maximum absolute atomic E-state index is 5.25. The summed E-state index contributed by atoms with van der Waals surface area (Å²) < 4.78 is 5.25. The van der Waals surface area contributed by atoms with Crippen molar-refractivity contribution >= 4 is 5.84 Å². The molecule has 0 spiro atoms. The van der Waals surface area contributed by atoms with Crippen LogP contribution in [-0.4, -0.2) is 59.2 Å². The van der Waals surface area contributed by atoms with Crippen molar-refractivity contribution in [1.29, 1.82) is 0 Å². The monoisotopic (exact) mass is 303 g/mol. The van der Waals surface area contributed by atoms with Gasteiger partial charge in [-0.1, -0.05) is 5.16 Å². The first-order chi connectivity index (χ1) is 10.7. The van der Waals surface area contributed by atoms with Crippen LogP contribution in [0.15, 0.2) is 27.5 Å². The first-order valence-corrected chi connectivity index (χ1v) is 8.06. The third kappa shape index (κ3) is 3.10. The van der Waals surface area contributed by atoms with Gasteiger partial charge in [0.1, 0.15) is 12.4 Å². The average molecular weight is 303 g/mol. The fourth-order valence-corrected chi connectivity index (χ4v) is 3.01. The highest BCUT2D eigenvalue weighted by molar-refractivity contribution is 5.99. The third-order valence-electron chi connectivity index (χ3n) is 4.20. The van der Waals surface area contributed by atoms with Crippen LogP contribution in [0, 0.1) is 6.92 Å². The van der Waals surface area contributed by atoms with E-state index in [0.29, 0.717) is 0 Å². The Bertz CT molecular complexity index is 577. The SMILES string of the molecule is CCN1CN=C2C1=CN(CCCCc1cc(C)no1)CN2C. The quantitative estimate of drug-likeness (QED) is 0.753. The van der Waals surface area contributed by atoms with Gasteiger partial charge in [-0.15, -0.1) is 0 Å². The van der Waals surface area contributed by atoms with Crippen LogP contribution < -0.4 is 0 Å². The Morgan fingerprint density at radius 2 is 2.18 bits per heavy atom. The third-order valence-corrected chi connectivity index (χ3v) is 4.20. The van der Waals surface area contributed by atoms with Crippen molar-refractivity contribution in [3.63, 3.8) is 0 Å². The minimum absolute atomic E-state index is 0.792. The average Bonchev–Trinajstić information content (AvgIpc) is 3.10. The smallest absolute Gasteiger partial charge is 0.152 e. The summed E-state index contributed by atoms with van der Waals surface area (Å²) in [7, 11) is 2.12. The molecule has 1 aromatic rings. The molecule has 0 aromatic carbocycles. The van der Waals surface area contributed by atoms with Crippen LogP contribution in [-0.2, 0) is 6.42 Å². The highest BCUT2D eigenvalue weighted by atomic mass is 16.5. The summed E-state index contributed by atoms with van der Waals surface area (Å²) in [6.45, 7) is 7.92. The molecule has 0 amide bonds. The number of hydrogen-bond donors (Lipinski definition) is 0. The molecule has 0 bridgehead atoms. The lowest BCUT2D eigenvalue weighted by molar-refractivity contribution is 0.247. The summed E-state index contributed by atoms with van der Waals surface area (Å²) in [5.74, 6) is 2.13. The summed E-state index contributed by atoms with van der Waals surface area (Å²) in [6.07, 6.45) is 5.51. The van der Waals surface area contributed by atoms with Crippen molar-refractivity contribution in [3.8, 4) is 0 Å². The number of hydrogen-bond acceptors (Lipinski definition) is 6. The van der Waals surface area contributed by atoms with Crippen LogP contribution in [0.1, 0.15) is 31.2 Å². The summed E-state index contributed by atoms with van der Waals surface area (Å²) in [5.41, 5.74) is 2.23. The Kier molecular flexibility index (Phi) is 4.36. The van der Waals surface area contributed by atoms with Gasteiger partial charge in [-0.25, -0.2) is 4.99 Å². The highest BCUT2D eigenvalue weighted by Crippen LogP contribution is 2.21. The molecule has 2 aliphatic rings. The van der Waals surface area contributed by atoms with Gasteiger partial charge in [0.15, 0.2) is 5.84 Å². The van der Waals surface area contributed by atoms with Gasteiger partial charge in [-0.3, -0.25) is 0 Å². The van der Waals surface area contributed by atoms with Crippen LogP contribution in [0.5, 0.6) is 0 Å². The molecular formula is C16H25N5O. The van der Waals surface area contributed by atoms with Crippen molar-refractivity contribution in [2.45, 2.75) is 33.1 Å². The van der Waals surface area contributed by atoms with Gasteiger partial charge in [-0.2, -0.15) is 0 Å². The number of aromatic nitrogens is 1. The number of amidine groups is 1. The topological polar surface area (TPSA) is 48.1 Å². The molecular weight excluding hydrogens is 278 g/mol. The van der Waals surface area contributed by atoms with Crippen molar-refractivity contribution < 1.29 is 4.52 Å². The first-order valence-electron chi connectivity index (χ1n) is 8.06. The standard InChI is InChI=1S/C16H25N5O/c1-4-21-11-17-16-15(21)10-20(12-19(16)3)8-6-5-7-14-9-13(2)18-22-14/h9-10H,4-8,11-12H2,1-3H3. The minimum Gasteiger partial charge on any atom is -0.361 e. The van der Waals surface area contributed by atoms with E-state index in [0.717, 1.165) is 63.0 Å². The summed E-state index contributed by atoms with van der Waals surface area (Å²) in [6, 6.07) is 2.02. The Morgan fingerprint density at radius 3 is 2.91 bits per heavy atom. The number of aryl methyl sites for hydroxylation is 2. The van der Waals surface area contributed by atoms with Gasteiger partial charge in [0.25, 0.3) is 0 Å². The number of unbranched alkanes of at least 4 members (excludes halogenated alkanes) is 1. The lowest BCUT2D eigenvalue weighted by Gasteiger charge is -2.35. The predicted molar refractivity (Wildman–Crippen MR) is 86.3 cm³/mol. The molecule has 3 heterocycles. The van der Waals surface area contributed by atoms with Crippen LogP contribution in [0.2, 0.25) is 0 Å². The Hall–Kier alpha value is -1.98. The van der Waals surface area contributed by atoms with E-state index < -0.39 is 0 Å². The van der Waals surface area contributed by atoms with Crippen molar-refractivity contribution in [2.75, 3.05) is 33.5 Å². The molecule has 0 saturated heterocycles. The Balaban J connectivity index is 1.50. The zero-order valence-electron chi connectivity index (χ0n) is 13.7. The number of nitrogens with zero attached hydrogens (tertiary/aromatic N) is 5. The zero-order valence-corrected chi connectivity index (χ0v) is 13.7. The molecule has 6 heteroatoms. The fraction of sp³-hybridized carbons (Fsp3) is 0.625. The molecule has 22 heavy (non-hydrogen) atoms. The van der Waals surface area contributed by atoms with Crippen LogP contribution >= 0.6 is 0 Å². The van der Waals surface area contributed by atoms with Crippen molar-refractivity contribution in [1.82, 2.24) is 19.9 Å². The van der Waals surface area contributed by atoms with Gasteiger partial charge < -0.3 is 19.2 Å². The molecule has 120 valence electrons. The molecule has 0 aliphatic carbocycles. The number of rotatable bonds is 6. The van der Waals surface area contributed by atoms with E-state index in [1.54, 1.807) is 0 Å². The van der Waals surface area contributed by atoms with Gasteiger partial charge in [0, 0.05) is 38.8 Å². The summed E-state index contributed by atoms with van der Waals surface area (Å²) in [5, 5.41) is 3.93. The number of fused-ring (bicyclic) bond motifs is 1. The van der Waals surface area contributed by atoms with Crippen molar-refractivity contribution in [2.24, 2.45) is 4.99 Å². The normalized spacial score (nSPS) is 17.7. The van der Waals surface area contributed by atoms with Gasteiger partial charge in [-0.05, 0) is 26.7 Å². The Morgan fingerprint density at radius 1 is 1.32 bits per heavy atom. The highest BCUT2D eigenvalue weighted by Gasteiger charge is 2.28. The summed E-state index contributed by atoms with van der Waals surface area (Å²) >= 11 is 0. The summed E-state index contributed by atoms with van der Waals surface area (Å²) in [4.78, 5) is 11.6. The van der Waals surface area contributed by atoms with E-state index in [1.807, 2.05) is 13.0 Å². The molecule has 0 fully saturated rings. The molecule has 0 unspecified atom stereocenters. The number of likely N-dealkylation sites (N-methyl/N-ethyl adjacent to an activating group) is 2. The molecule has 2 aliphatic heterocycles. The number of aliphatic imine (C=N–C) groups is 1. The molecule has 0 radical (unpaired) electrons. The maximum Gasteiger partial charge on any atom is 0.152 e. The largest absolute Gasteiger partial charge is 0.361 e. The van der Waals surface area contributed by atoms with Gasteiger partial charge in [0.05, 0.1) is 18.1 Å². The minimum atomic E-state index is 0.792. The van der Waals surface area contributed by atoms with E-state index in [1.165, 1.54) is 5.70 Å². The van der Waals surface area contributed by atoms with E-state index in [-0.39, 0.29) is 0 Å². The predicted octanol–water partition coefficient (Wildman–Crippen LogP) is 2.04. The molecule has 6 nitrogen and oxygen atoms in total. The van der Waals surface area contributed by atoms with E-state index in [4.69, 9.17) is 4.52 Å². The zero-order chi connectivity index (χ0) is 15.5. The molecule has 3 rings (SSSR count). The first kappa shape index (κ1) is 14.9. The van der Waals surface area contributed by atoms with Crippen molar-refractivity contribution in [3.05, 3.63) is 29.4 Å². The molecule has 0 atom stereocenters. The maximum atomic E-state index is 5.25. The van der Waals surface area contributed by atoms with Crippen LogP contribution in [0.4, 0.5) is 0 Å². The van der Waals surface area contributed by atoms with Gasteiger partial charge in [0.2, 0.25) is 0 Å². The van der Waals surface area contributed by atoms with E-state index in [2.05, 4.69) is 45.0 Å². The van der Waals surface area contributed by atoms with Crippen LogP contribution in [0.25, 0.3) is 0 Å². The molecule has 0 saturated carbocycles. The van der Waals surface area contributed by atoms with Gasteiger partial charge >= 0.3 is 0 Å². The second-order valence-electron chi connectivity index (χ2n) is 6.04. The molecule has 1 aromatic heterocycles. The Labute approximate surface area is 132 Å². The lowest BCUT2D eigenvalue weighted by Crippen LogP contribution is -2.43. The second kappa shape index (κ2) is 6.42. The van der Waals surface area contributed by atoms with E-state index in [9.17, 15) is 0 Å².